The average molecular weight is 287 g/mol. The first-order valence-electron chi connectivity index (χ1n) is 6.38. The number of halogens is 1. The van der Waals surface area contributed by atoms with Crippen LogP contribution in [0.5, 0.6) is 0 Å². The van der Waals surface area contributed by atoms with Gasteiger partial charge in [-0.15, -0.1) is 0 Å². The summed E-state index contributed by atoms with van der Waals surface area (Å²) in [5, 5.41) is 11.7. The molecule has 0 heterocycles. The second kappa shape index (κ2) is 6.65. The number of nitrogens with one attached hydrogen (secondary N) is 1. The number of amides is 1. The molecule has 0 saturated carbocycles. The van der Waals surface area contributed by atoms with E-state index in [1.165, 1.54) is 18.2 Å². The van der Waals surface area contributed by atoms with Crippen molar-refractivity contribution in [3.63, 3.8) is 0 Å². The van der Waals surface area contributed by atoms with Gasteiger partial charge in [0, 0.05) is 0 Å². The monoisotopic (exact) mass is 287 g/mol. The van der Waals surface area contributed by atoms with Gasteiger partial charge in [0.2, 0.25) is 5.91 Å². The van der Waals surface area contributed by atoms with E-state index in [4.69, 9.17) is 0 Å². The van der Waals surface area contributed by atoms with Crippen LogP contribution in [0, 0.1) is 5.82 Å². The minimum atomic E-state index is -1.14. The third-order valence-corrected chi connectivity index (χ3v) is 2.94. The first-order valence-corrected chi connectivity index (χ1v) is 6.38. The van der Waals surface area contributed by atoms with Crippen LogP contribution in [-0.4, -0.2) is 17.0 Å². The number of hydrogen-bond acceptors (Lipinski definition) is 2. The number of carboxylic acid groups (broad SMARTS) is 1. The second-order valence-corrected chi connectivity index (χ2v) is 4.56. The van der Waals surface area contributed by atoms with Crippen LogP contribution in [0.3, 0.4) is 0 Å². The maximum absolute atomic E-state index is 13.0. The van der Waals surface area contributed by atoms with Crippen molar-refractivity contribution < 1.29 is 19.1 Å². The van der Waals surface area contributed by atoms with Gasteiger partial charge < -0.3 is 10.4 Å². The molecular formula is C16H14FNO3. The highest BCUT2D eigenvalue weighted by Crippen LogP contribution is 2.13. The van der Waals surface area contributed by atoms with Crippen LogP contribution in [0.1, 0.15) is 17.2 Å². The van der Waals surface area contributed by atoms with E-state index in [1.807, 2.05) is 0 Å². The average Bonchev–Trinajstić information content (AvgIpc) is 2.45. The lowest BCUT2D eigenvalue weighted by molar-refractivity contribution is -0.141. The van der Waals surface area contributed by atoms with E-state index in [-0.39, 0.29) is 6.42 Å². The molecule has 21 heavy (non-hydrogen) atoms. The van der Waals surface area contributed by atoms with Gasteiger partial charge in [0.25, 0.3) is 0 Å². The highest BCUT2D eigenvalue weighted by Gasteiger charge is 2.21. The lowest BCUT2D eigenvalue weighted by Gasteiger charge is -2.15. The van der Waals surface area contributed by atoms with Gasteiger partial charge in [-0.25, -0.2) is 9.18 Å². The molecule has 2 aromatic rings. The summed E-state index contributed by atoms with van der Waals surface area (Å²) in [7, 11) is 0. The van der Waals surface area contributed by atoms with Crippen molar-refractivity contribution in [1.29, 1.82) is 0 Å². The fourth-order valence-electron chi connectivity index (χ4n) is 1.98. The van der Waals surface area contributed by atoms with Crippen LogP contribution >= 0.6 is 0 Å². The number of hydrogen-bond donors (Lipinski definition) is 2. The van der Waals surface area contributed by atoms with Crippen LogP contribution in [-0.2, 0) is 16.0 Å². The van der Waals surface area contributed by atoms with Crippen LogP contribution in [0.4, 0.5) is 4.39 Å². The van der Waals surface area contributed by atoms with Crippen molar-refractivity contribution >= 4 is 11.9 Å². The molecule has 0 spiro atoms. The van der Waals surface area contributed by atoms with Crippen molar-refractivity contribution in [1.82, 2.24) is 5.32 Å². The van der Waals surface area contributed by atoms with E-state index in [2.05, 4.69) is 5.32 Å². The smallest absolute Gasteiger partial charge is 0.330 e. The Bertz CT molecular complexity index is 643. The van der Waals surface area contributed by atoms with Crippen molar-refractivity contribution in [3.8, 4) is 0 Å². The standard InChI is InChI=1S/C16H14FNO3/c17-13-8-4-5-11(9-13)10-14(19)18-15(16(20)21)12-6-2-1-3-7-12/h1-9,15H,10H2,(H,18,19)(H,20,21)/t15-/m1/s1. The Morgan fingerprint density at radius 3 is 2.43 bits per heavy atom. The Morgan fingerprint density at radius 2 is 1.81 bits per heavy atom. The van der Waals surface area contributed by atoms with Crippen LogP contribution in [0.2, 0.25) is 0 Å². The summed E-state index contributed by atoms with van der Waals surface area (Å²) >= 11 is 0. The molecule has 0 aromatic heterocycles. The molecule has 1 amide bonds. The predicted molar refractivity (Wildman–Crippen MR) is 75.1 cm³/mol. The van der Waals surface area contributed by atoms with Crippen LogP contribution < -0.4 is 5.32 Å². The molecule has 0 aliphatic heterocycles. The van der Waals surface area contributed by atoms with Crippen LogP contribution in [0.25, 0.3) is 0 Å². The Hall–Kier alpha value is -2.69. The highest BCUT2D eigenvalue weighted by molar-refractivity contribution is 5.85. The summed E-state index contributed by atoms with van der Waals surface area (Å²) in [6.45, 7) is 0. The number of aliphatic carboxylic acids is 1. The summed E-state index contributed by atoms with van der Waals surface area (Å²) in [6.07, 6.45) is -0.0750. The maximum atomic E-state index is 13.0. The first kappa shape index (κ1) is 14.7. The summed E-state index contributed by atoms with van der Waals surface area (Å²) in [4.78, 5) is 23.2. The van der Waals surface area contributed by atoms with E-state index in [0.717, 1.165) is 0 Å². The number of carboxylic acids is 1. The molecule has 0 fully saturated rings. The molecule has 2 rings (SSSR count). The molecule has 0 aliphatic rings. The normalized spacial score (nSPS) is 11.7. The molecular weight excluding hydrogens is 273 g/mol. The molecule has 0 saturated heterocycles. The molecule has 1 atom stereocenters. The van der Waals surface area contributed by atoms with E-state index >= 15 is 0 Å². The van der Waals surface area contributed by atoms with Crippen molar-refractivity contribution in [2.75, 3.05) is 0 Å². The predicted octanol–water partition coefficient (Wildman–Crippen LogP) is 2.31. The van der Waals surface area contributed by atoms with Crippen molar-refractivity contribution in [2.24, 2.45) is 0 Å². The largest absolute Gasteiger partial charge is 0.479 e. The van der Waals surface area contributed by atoms with Gasteiger partial charge >= 0.3 is 5.97 Å². The zero-order chi connectivity index (χ0) is 15.2. The Balaban J connectivity index is 2.07. The lowest BCUT2D eigenvalue weighted by atomic mass is 10.1. The third-order valence-electron chi connectivity index (χ3n) is 2.94. The molecule has 2 N–H and O–H groups in total. The molecule has 0 aliphatic carbocycles. The molecule has 5 heteroatoms. The fraction of sp³-hybridized carbons (Fsp3) is 0.125. The zero-order valence-corrected chi connectivity index (χ0v) is 11.1. The molecule has 2 aromatic carbocycles. The molecule has 108 valence electrons. The van der Waals surface area contributed by atoms with E-state index in [9.17, 15) is 19.1 Å². The van der Waals surface area contributed by atoms with Gasteiger partial charge in [0.1, 0.15) is 5.82 Å². The van der Waals surface area contributed by atoms with E-state index < -0.39 is 23.7 Å². The zero-order valence-electron chi connectivity index (χ0n) is 11.1. The number of rotatable bonds is 5. The number of benzene rings is 2. The molecule has 0 bridgehead atoms. The second-order valence-electron chi connectivity index (χ2n) is 4.56. The van der Waals surface area contributed by atoms with Gasteiger partial charge in [-0.3, -0.25) is 4.79 Å². The minimum absolute atomic E-state index is 0.0750. The first-order chi connectivity index (χ1) is 10.1. The number of carbonyl (C=O) groups is 2. The molecule has 0 unspecified atom stereocenters. The number of carbonyl (C=O) groups excluding carboxylic acids is 1. The quantitative estimate of drug-likeness (QED) is 0.887. The van der Waals surface area contributed by atoms with Gasteiger partial charge in [-0.05, 0) is 23.3 Å². The lowest BCUT2D eigenvalue weighted by Crippen LogP contribution is -2.34. The summed E-state index contributed by atoms with van der Waals surface area (Å²) in [5.74, 6) is -2.05. The van der Waals surface area contributed by atoms with Crippen molar-refractivity contribution in [3.05, 3.63) is 71.5 Å². The SMILES string of the molecule is O=C(Cc1cccc(F)c1)N[C@@H](C(=O)O)c1ccccc1. The van der Waals surface area contributed by atoms with Crippen LogP contribution in [0.15, 0.2) is 54.6 Å². The third kappa shape index (κ3) is 4.14. The fourth-order valence-corrected chi connectivity index (χ4v) is 1.98. The molecule has 4 nitrogen and oxygen atoms in total. The highest BCUT2D eigenvalue weighted by atomic mass is 19.1. The van der Waals surface area contributed by atoms with Gasteiger partial charge in [-0.2, -0.15) is 0 Å². The Labute approximate surface area is 121 Å². The summed E-state index contributed by atoms with van der Waals surface area (Å²) in [5.41, 5.74) is 0.974. The summed E-state index contributed by atoms with van der Waals surface area (Å²) < 4.78 is 13.0. The Morgan fingerprint density at radius 1 is 1.10 bits per heavy atom. The molecule has 0 radical (unpaired) electrons. The summed E-state index contributed by atoms with van der Waals surface area (Å²) in [6, 6.07) is 12.9. The van der Waals surface area contributed by atoms with Gasteiger partial charge in [-0.1, -0.05) is 42.5 Å². The maximum Gasteiger partial charge on any atom is 0.330 e. The van der Waals surface area contributed by atoms with E-state index in [1.54, 1.807) is 36.4 Å². The minimum Gasteiger partial charge on any atom is -0.479 e. The Kier molecular flexibility index (Phi) is 4.66. The van der Waals surface area contributed by atoms with Gasteiger partial charge in [0.15, 0.2) is 6.04 Å². The topological polar surface area (TPSA) is 66.4 Å². The van der Waals surface area contributed by atoms with E-state index in [0.29, 0.717) is 11.1 Å². The van der Waals surface area contributed by atoms with Crippen molar-refractivity contribution in [2.45, 2.75) is 12.5 Å². The van der Waals surface area contributed by atoms with Gasteiger partial charge in [0.05, 0.1) is 6.42 Å².